The Bertz CT molecular complexity index is 783. The average molecular weight is 353 g/mol. The van der Waals surface area contributed by atoms with Crippen molar-refractivity contribution in [3.8, 4) is 11.1 Å². The van der Waals surface area contributed by atoms with Crippen LogP contribution in [0.5, 0.6) is 0 Å². The highest BCUT2D eigenvalue weighted by Gasteiger charge is 2.29. The Hall–Kier alpha value is -2.82. The van der Waals surface area contributed by atoms with Crippen LogP contribution < -0.4 is 5.32 Å². The second kappa shape index (κ2) is 7.20. The number of ether oxygens (including phenoxy) is 1. The Morgan fingerprint density at radius 2 is 1.58 bits per heavy atom. The number of carboxylic acid groups (broad SMARTS) is 1. The molecule has 0 radical (unpaired) electrons. The minimum atomic E-state index is -0.882. The van der Waals surface area contributed by atoms with Crippen LogP contribution in [-0.2, 0) is 9.53 Å². The lowest BCUT2D eigenvalue weighted by Gasteiger charge is -2.25. The number of carbonyl (C=O) groups is 2. The first kappa shape index (κ1) is 18.0. The second-order valence-corrected chi connectivity index (χ2v) is 7.23. The van der Waals surface area contributed by atoms with Crippen molar-refractivity contribution in [2.75, 3.05) is 6.61 Å². The first-order chi connectivity index (χ1) is 12.4. The van der Waals surface area contributed by atoms with Gasteiger partial charge in [0, 0.05) is 17.9 Å². The van der Waals surface area contributed by atoms with E-state index in [4.69, 9.17) is 9.84 Å². The monoisotopic (exact) mass is 353 g/mol. The number of alkyl carbamates (subject to hydrolysis) is 1. The first-order valence-corrected chi connectivity index (χ1v) is 8.72. The standard InChI is InChI=1S/C21H23NO4/c1-21(2,12-11-19(23)24)22-20(25)26-13-18-16-9-5-3-7-14(16)15-8-4-6-10-17(15)18/h3-10,18H,11-13H2,1-2H3,(H,22,25)(H,23,24). The fraction of sp³-hybridized carbons (Fsp3) is 0.333. The molecule has 2 aromatic carbocycles. The molecular weight excluding hydrogens is 330 g/mol. The van der Waals surface area contributed by atoms with Gasteiger partial charge in [0.2, 0.25) is 0 Å². The predicted molar refractivity (Wildman–Crippen MR) is 99.2 cm³/mol. The number of amides is 1. The topological polar surface area (TPSA) is 75.6 Å². The van der Waals surface area contributed by atoms with Gasteiger partial charge in [-0.05, 0) is 42.5 Å². The fourth-order valence-corrected chi connectivity index (χ4v) is 3.39. The van der Waals surface area contributed by atoms with Gasteiger partial charge >= 0.3 is 12.1 Å². The molecule has 0 saturated heterocycles. The zero-order chi connectivity index (χ0) is 18.7. The van der Waals surface area contributed by atoms with Gasteiger partial charge in [-0.1, -0.05) is 48.5 Å². The molecule has 0 spiro atoms. The number of hydrogen-bond acceptors (Lipinski definition) is 3. The molecule has 0 saturated carbocycles. The summed E-state index contributed by atoms with van der Waals surface area (Å²) in [5, 5.41) is 11.6. The molecule has 5 nitrogen and oxygen atoms in total. The van der Waals surface area contributed by atoms with Crippen LogP contribution in [0, 0.1) is 0 Å². The zero-order valence-corrected chi connectivity index (χ0v) is 15.0. The lowest BCUT2D eigenvalue weighted by Crippen LogP contribution is -2.44. The first-order valence-electron chi connectivity index (χ1n) is 8.72. The molecule has 0 fully saturated rings. The maximum absolute atomic E-state index is 12.2. The van der Waals surface area contributed by atoms with E-state index in [-0.39, 0.29) is 18.9 Å². The van der Waals surface area contributed by atoms with E-state index in [0.29, 0.717) is 6.42 Å². The summed E-state index contributed by atoms with van der Waals surface area (Å²) in [4.78, 5) is 22.9. The van der Waals surface area contributed by atoms with Gasteiger partial charge in [-0.2, -0.15) is 0 Å². The van der Waals surface area contributed by atoms with Crippen molar-refractivity contribution in [3.05, 3.63) is 59.7 Å². The van der Waals surface area contributed by atoms with Crippen LogP contribution in [0.2, 0.25) is 0 Å². The van der Waals surface area contributed by atoms with Gasteiger partial charge in [0.05, 0.1) is 0 Å². The fourth-order valence-electron chi connectivity index (χ4n) is 3.39. The maximum atomic E-state index is 12.2. The summed E-state index contributed by atoms with van der Waals surface area (Å²) in [6, 6.07) is 16.3. The quantitative estimate of drug-likeness (QED) is 0.817. The van der Waals surface area contributed by atoms with Crippen LogP contribution >= 0.6 is 0 Å². The van der Waals surface area contributed by atoms with E-state index in [2.05, 4.69) is 29.6 Å². The van der Waals surface area contributed by atoms with Crippen molar-refractivity contribution in [1.82, 2.24) is 5.32 Å². The molecule has 26 heavy (non-hydrogen) atoms. The van der Waals surface area contributed by atoms with Gasteiger partial charge in [-0.3, -0.25) is 4.79 Å². The van der Waals surface area contributed by atoms with Crippen LogP contribution in [-0.4, -0.2) is 29.3 Å². The Labute approximate surface area is 153 Å². The number of fused-ring (bicyclic) bond motifs is 3. The van der Waals surface area contributed by atoms with Crippen molar-refractivity contribution in [1.29, 1.82) is 0 Å². The van der Waals surface area contributed by atoms with Gasteiger partial charge in [0.25, 0.3) is 0 Å². The molecule has 1 aliphatic carbocycles. The van der Waals surface area contributed by atoms with Crippen LogP contribution in [0.3, 0.4) is 0 Å². The van der Waals surface area contributed by atoms with E-state index in [1.807, 2.05) is 24.3 Å². The molecule has 0 heterocycles. The third-order valence-corrected chi connectivity index (χ3v) is 4.75. The van der Waals surface area contributed by atoms with Gasteiger partial charge in [0.15, 0.2) is 0 Å². The number of benzene rings is 2. The average Bonchev–Trinajstić information content (AvgIpc) is 2.92. The van der Waals surface area contributed by atoms with E-state index in [1.165, 1.54) is 11.1 Å². The molecule has 0 aromatic heterocycles. The molecule has 2 N–H and O–H groups in total. The minimum absolute atomic E-state index is 0.00332. The summed E-state index contributed by atoms with van der Waals surface area (Å²) in [6.07, 6.45) is -0.189. The lowest BCUT2D eigenvalue weighted by atomic mass is 9.98. The molecule has 1 amide bonds. The van der Waals surface area contributed by atoms with Crippen LogP contribution in [0.15, 0.2) is 48.5 Å². The molecule has 0 aliphatic heterocycles. The molecule has 3 rings (SSSR count). The number of hydrogen-bond donors (Lipinski definition) is 2. The van der Waals surface area contributed by atoms with Crippen LogP contribution in [0.4, 0.5) is 4.79 Å². The molecule has 2 aromatic rings. The van der Waals surface area contributed by atoms with E-state index >= 15 is 0 Å². The summed E-state index contributed by atoms with van der Waals surface area (Å²) >= 11 is 0. The third kappa shape index (κ3) is 3.87. The number of aliphatic carboxylic acids is 1. The largest absolute Gasteiger partial charge is 0.481 e. The van der Waals surface area contributed by atoms with Gasteiger partial charge in [-0.25, -0.2) is 4.79 Å². The third-order valence-electron chi connectivity index (χ3n) is 4.75. The summed E-state index contributed by atoms with van der Waals surface area (Å²) in [7, 11) is 0. The van der Waals surface area contributed by atoms with Crippen molar-refractivity contribution >= 4 is 12.1 Å². The maximum Gasteiger partial charge on any atom is 0.407 e. The van der Waals surface area contributed by atoms with E-state index in [1.54, 1.807) is 13.8 Å². The summed E-state index contributed by atoms with van der Waals surface area (Å²) in [6.45, 7) is 3.82. The molecule has 1 aliphatic rings. The minimum Gasteiger partial charge on any atom is -0.481 e. The highest BCUT2D eigenvalue weighted by molar-refractivity contribution is 5.79. The molecule has 5 heteroatoms. The number of rotatable bonds is 6. The van der Waals surface area contributed by atoms with E-state index in [9.17, 15) is 9.59 Å². The summed E-state index contributed by atoms with van der Waals surface area (Å²) in [5.41, 5.74) is 4.04. The number of nitrogens with one attached hydrogen (secondary N) is 1. The second-order valence-electron chi connectivity index (χ2n) is 7.23. The molecule has 0 unspecified atom stereocenters. The Balaban J connectivity index is 1.66. The van der Waals surface area contributed by atoms with Crippen molar-refractivity contribution in [2.24, 2.45) is 0 Å². The number of carbonyl (C=O) groups excluding carboxylic acids is 1. The smallest absolute Gasteiger partial charge is 0.407 e. The predicted octanol–water partition coefficient (Wildman–Crippen LogP) is 4.17. The van der Waals surface area contributed by atoms with Gasteiger partial charge < -0.3 is 15.2 Å². The van der Waals surface area contributed by atoms with Crippen molar-refractivity contribution in [3.63, 3.8) is 0 Å². The SMILES string of the molecule is CC(C)(CCC(=O)O)NC(=O)OCC1c2ccccc2-c2ccccc21. The van der Waals surface area contributed by atoms with Gasteiger partial charge in [-0.15, -0.1) is 0 Å². The summed E-state index contributed by atoms with van der Waals surface area (Å²) in [5.74, 6) is -0.873. The van der Waals surface area contributed by atoms with Crippen molar-refractivity contribution < 1.29 is 19.4 Å². The molecular formula is C21H23NO4. The summed E-state index contributed by atoms with van der Waals surface area (Å²) < 4.78 is 5.48. The van der Waals surface area contributed by atoms with E-state index < -0.39 is 17.6 Å². The highest BCUT2D eigenvalue weighted by atomic mass is 16.5. The molecule has 0 atom stereocenters. The van der Waals surface area contributed by atoms with Crippen molar-refractivity contribution in [2.45, 2.75) is 38.1 Å². The van der Waals surface area contributed by atoms with Crippen LogP contribution in [0.1, 0.15) is 43.7 Å². The highest BCUT2D eigenvalue weighted by Crippen LogP contribution is 2.44. The Morgan fingerprint density at radius 3 is 2.12 bits per heavy atom. The van der Waals surface area contributed by atoms with Gasteiger partial charge in [0.1, 0.15) is 6.61 Å². The molecule has 0 bridgehead atoms. The Kier molecular flexibility index (Phi) is 4.98. The van der Waals surface area contributed by atoms with E-state index in [0.717, 1.165) is 11.1 Å². The lowest BCUT2D eigenvalue weighted by molar-refractivity contribution is -0.137. The number of carboxylic acids is 1. The molecule has 136 valence electrons. The Morgan fingerprint density at radius 1 is 1.04 bits per heavy atom. The van der Waals surface area contributed by atoms with Crippen LogP contribution in [0.25, 0.3) is 11.1 Å². The zero-order valence-electron chi connectivity index (χ0n) is 15.0. The normalized spacial score (nSPS) is 13.0.